The monoisotopic (exact) mass is 564 g/mol. The number of benzene rings is 2. The van der Waals surface area contributed by atoms with Gasteiger partial charge in [-0.1, -0.05) is 0 Å². The molecule has 5 rings (SSSR count). The number of esters is 1. The molecule has 2 saturated heterocycles. The summed E-state index contributed by atoms with van der Waals surface area (Å²) in [5.41, 5.74) is 3.58. The van der Waals surface area contributed by atoms with Crippen LogP contribution in [0.1, 0.15) is 15.9 Å². The van der Waals surface area contributed by atoms with Crippen molar-refractivity contribution in [2.24, 2.45) is 5.10 Å². The van der Waals surface area contributed by atoms with E-state index in [-0.39, 0.29) is 17.0 Å². The molecule has 0 amide bonds. The van der Waals surface area contributed by atoms with Gasteiger partial charge in [-0.3, -0.25) is 10.1 Å². The van der Waals surface area contributed by atoms with E-state index in [1.54, 1.807) is 24.4 Å². The third-order valence-electron chi connectivity index (χ3n) is 6.28. The molecule has 3 aromatic rings. The minimum atomic E-state index is -0.678. The summed E-state index contributed by atoms with van der Waals surface area (Å²) in [5.74, 6) is 1.19. The molecule has 0 spiro atoms. The lowest BCUT2D eigenvalue weighted by Crippen LogP contribution is -2.40. The number of morpholine rings is 2. The number of anilines is 3. The summed E-state index contributed by atoms with van der Waals surface area (Å²) in [6, 6.07) is 10.0. The van der Waals surface area contributed by atoms with Crippen molar-refractivity contribution in [3.8, 4) is 11.5 Å². The SMILES string of the molecule is COc1cc(/C=N\Nc2nc(N3CCOCC3)nc(N3CCOCC3)n2)ccc1OC(=O)c1ccc([N+](=O)[O-])cc1. The van der Waals surface area contributed by atoms with Crippen molar-refractivity contribution in [3.63, 3.8) is 0 Å². The highest BCUT2D eigenvalue weighted by Crippen LogP contribution is 2.29. The topological polar surface area (TPSA) is 167 Å². The smallest absolute Gasteiger partial charge is 0.343 e. The quantitative estimate of drug-likeness (QED) is 0.132. The lowest BCUT2D eigenvalue weighted by atomic mass is 10.2. The molecule has 15 nitrogen and oxygen atoms in total. The maximum absolute atomic E-state index is 12.5. The predicted molar refractivity (Wildman–Crippen MR) is 148 cm³/mol. The third kappa shape index (κ3) is 7.01. The fourth-order valence-corrected chi connectivity index (χ4v) is 4.10. The molecule has 0 saturated carbocycles. The molecule has 0 atom stereocenters. The summed E-state index contributed by atoms with van der Waals surface area (Å²) in [6.07, 6.45) is 1.55. The molecule has 0 aliphatic carbocycles. The van der Waals surface area contributed by atoms with Gasteiger partial charge in [-0.25, -0.2) is 10.2 Å². The van der Waals surface area contributed by atoms with Crippen LogP contribution in [0, 0.1) is 10.1 Å². The summed E-state index contributed by atoms with van der Waals surface area (Å²) in [6.45, 7) is 5.10. The van der Waals surface area contributed by atoms with E-state index in [4.69, 9.17) is 18.9 Å². The van der Waals surface area contributed by atoms with Crippen LogP contribution in [-0.2, 0) is 9.47 Å². The summed E-state index contributed by atoms with van der Waals surface area (Å²) in [4.78, 5) is 40.7. The van der Waals surface area contributed by atoms with Crippen LogP contribution >= 0.6 is 0 Å². The molecule has 2 aliphatic heterocycles. The predicted octanol–water partition coefficient (Wildman–Crippen LogP) is 2.13. The Morgan fingerprint density at radius 3 is 2.12 bits per heavy atom. The van der Waals surface area contributed by atoms with Crippen LogP contribution in [0.4, 0.5) is 23.5 Å². The molecule has 41 heavy (non-hydrogen) atoms. The molecular weight excluding hydrogens is 536 g/mol. The molecule has 2 fully saturated rings. The third-order valence-corrected chi connectivity index (χ3v) is 6.28. The van der Waals surface area contributed by atoms with E-state index in [1.807, 2.05) is 9.80 Å². The van der Waals surface area contributed by atoms with Gasteiger partial charge in [-0.2, -0.15) is 20.1 Å². The lowest BCUT2D eigenvalue weighted by molar-refractivity contribution is -0.384. The van der Waals surface area contributed by atoms with Gasteiger partial charge in [0.1, 0.15) is 0 Å². The largest absolute Gasteiger partial charge is 0.493 e. The van der Waals surface area contributed by atoms with Crippen molar-refractivity contribution in [3.05, 3.63) is 63.7 Å². The zero-order valence-corrected chi connectivity index (χ0v) is 22.3. The second-order valence-electron chi connectivity index (χ2n) is 8.93. The number of non-ortho nitro benzene ring substituents is 1. The first-order chi connectivity index (χ1) is 20.0. The Bertz CT molecular complexity index is 1370. The molecule has 1 aromatic heterocycles. The second kappa shape index (κ2) is 13.0. The zero-order valence-electron chi connectivity index (χ0n) is 22.3. The van der Waals surface area contributed by atoms with Crippen LogP contribution in [0.2, 0.25) is 0 Å². The van der Waals surface area contributed by atoms with Gasteiger partial charge in [0, 0.05) is 38.3 Å². The minimum Gasteiger partial charge on any atom is -0.493 e. The highest BCUT2D eigenvalue weighted by Gasteiger charge is 2.21. The first kappa shape index (κ1) is 27.7. The highest BCUT2D eigenvalue weighted by molar-refractivity contribution is 5.92. The number of nitrogens with one attached hydrogen (secondary N) is 1. The Morgan fingerprint density at radius 2 is 1.56 bits per heavy atom. The molecule has 2 aliphatic rings. The molecule has 3 heterocycles. The summed E-state index contributed by atoms with van der Waals surface area (Å²) < 4.78 is 21.7. The van der Waals surface area contributed by atoms with E-state index >= 15 is 0 Å². The number of aromatic nitrogens is 3. The van der Waals surface area contributed by atoms with Crippen molar-refractivity contribution >= 4 is 35.7 Å². The van der Waals surface area contributed by atoms with Crippen molar-refractivity contribution in [1.82, 2.24) is 15.0 Å². The Hall–Kier alpha value is -4.89. The number of nitro groups is 1. The number of methoxy groups -OCH3 is 1. The maximum atomic E-state index is 12.5. The van der Waals surface area contributed by atoms with E-state index < -0.39 is 10.9 Å². The van der Waals surface area contributed by atoms with Gasteiger partial charge < -0.3 is 28.7 Å². The normalized spacial score (nSPS) is 15.5. The number of nitrogens with zero attached hydrogens (tertiary/aromatic N) is 7. The number of carbonyl (C=O) groups excluding carboxylic acids is 1. The van der Waals surface area contributed by atoms with Gasteiger partial charge in [-0.15, -0.1) is 0 Å². The van der Waals surface area contributed by atoms with Crippen molar-refractivity contribution in [2.45, 2.75) is 0 Å². The van der Waals surface area contributed by atoms with Crippen LogP contribution in [-0.4, -0.2) is 91.8 Å². The molecule has 0 bridgehead atoms. The molecule has 15 heteroatoms. The van der Waals surface area contributed by atoms with Crippen molar-refractivity contribution in [1.29, 1.82) is 0 Å². The highest BCUT2D eigenvalue weighted by atomic mass is 16.6. The van der Waals surface area contributed by atoms with Crippen LogP contribution in [0.25, 0.3) is 0 Å². The summed E-state index contributed by atoms with van der Waals surface area (Å²) >= 11 is 0. The second-order valence-corrected chi connectivity index (χ2v) is 8.93. The first-order valence-electron chi connectivity index (χ1n) is 12.9. The van der Waals surface area contributed by atoms with E-state index in [2.05, 4.69) is 25.5 Å². The summed E-state index contributed by atoms with van der Waals surface area (Å²) in [7, 11) is 1.45. The standard InChI is InChI=1S/C26H28N8O7/c1-38-22-16-18(2-7-21(22)41-23(35)19-3-5-20(6-4-19)34(36)37)17-27-31-24-28-25(32-8-12-39-13-9-32)30-26(29-24)33-10-14-40-15-11-33/h2-7,16-17H,8-15H2,1H3,(H,28,29,30,31)/b27-17-. The number of hydrogen-bond donors (Lipinski definition) is 1. The van der Waals surface area contributed by atoms with Crippen molar-refractivity contribution < 1.29 is 28.7 Å². The Morgan fingerprint density at radius 1 is 0.951 bits per heavy atom. The Balaban J connectivity index is 1.28. The summed E-state index contributed by atoms with van der Waals surface area (Å²) in [5, 5.41) is 15.1. The number of nitro benzene ring substituents is 1. The average molecular weight is 565 g/mol. The molecule has 0 unspecified atom stereocenters. The van der Waals surface area contributed by atoms with Crippen LogP contribution in [0.3, 0.4) is 0 Å². The molecule has 0 radical (unpaired) electrons. The van der Waals surface area contributed by atoms with E-state index in [0.717, 1.165) is 0 Å². The number of ether oxygens (including phenoxy) is 4. The van der Waals surface area contributed by atoms with Crippen LogP contribution in [0.15, 0.2) is 47.6 Å². The average Bonchev–Trinajstić information content (AvgIpc) is 3.02. The molecule has 1 N–H and O–H groups in total. The number of hydrazone groups is 1. The van der Waals surface area contributed by atoms with Gasteiger partial charge in [0.2, 0.25) is 17.8 Å². The van der Waals surface area contributed by atoms with E-state index in [1.165, 1.54) is 31.4 Å². The maximum Gasteiger partial charge on any atom is 0.343 e. The number of rotatable bonds is 9. The van der Waals surface area contributed by atoms with Crippen molar-refractivity contribution in [2.75, 3.05) is 74.9 Å². The minimum absolute atomic E-state index is 0.122. The fraction of sp³-hybridized carbons (Fsp3) is 0.346. The Kier molecular flexibility index (Phi) is 8.76. The molecule has 2 aromatic carbocycles. The van der Waals surface area contributed by atoms with Gasteiger partial charge in [0.05, 0.1) is 50.2 Å². The van der Waals surface area contributed by atoms with Gasteiger partial charge >= 0.3 is 5.97 Å². The Labute approximate surface area is 234 Å². The molecular formula is C26H28N8O7. The van der Waals surface area contributed by atoms with E-state index in [9.17, 15) is 14.9 Å². The number of carbonyl (C=O) groups is 1. The van der Waals surface area contributed by atoms with Crippen LogP contribution in [0.5, 0.6) is 11.5 Å². The number of hydrogen-bond acceptors (Lipinski definition) is 14. The zero-order chi connectivity index (χ0) is 28.6. The van der Waals surface area contributed by atoms with Gasteiger partial charge in [0.15, 0.2) is 11.5 Å². The fourth-order valence-electron chi connectivity index (χ4n) is 4.10. The van der Waals surface area contributed by atoms with Gasteiger partial charge in [0.25, 0.3) is 5.69 Å². The lowest BCUT2D eigenvalue weighted by Gasteiger charge is -2.30. The van der Waals surface area contributed by atoms with E-state index in [0.29, 0.717) is 81.8 Å². The van der Waals surface area contributed by atoms with Gasteiger partial charge in [-0.05, 0) is 35.9 Å². The van der Waals surface area contributed by atoms with Crippen LogP contribution < -0.4 is 24.7 Å². The first-order valence-corrected chi connectivity index (χ1v) is 12.9. The molecule has 214 valence electrons.